The third kappa shape index (κ3) is 6.10. The fourth-order valence-corrected chi connectivity index (χ4v) is 3.57. The van der Waals surface area contributed by atoms with Crippen LogP contribution in [0.15, 0.2) is 0 Å². The third-order valence-corrected chi connectivity index (χ3v) is 5.27. The fourth-order valence-electron chi connectivity index (χ4n) is 3.00. The van der Waals surface area contributed by atoms with Gasteiger partial charge in [-0.3, -0.25) is 4.90 Å². The average Bonchev–Trinajstić information content (AvgIpc) is 2.34. The van der Waals surface area contributed by atoms with Gasteiger partial charge in [0.25, 0.3) is 0 Å². The van der Waals surface area contributed by atoms with E-state index in [1.54, 1.807) is 0 Å². The van der Waals surface area contributed by atoms with Crippen LogP contribution in [0.25, 0.3) is 0 Å². The quantitative estimate of drug-likeness (QED) is 0.779. The van der Waals surface area contributed by atoms with Crippen LogP contribution >= 0.6 is 0 Å². The molecule has 1 aliphatic rings. The maximum absolute atomic E-state index is 11.4. The van der Waals surface area contributed by atoms with Crippen LogP contribution in [0, 0.1) is 11.8 Å². The van der Waals surface area contributed by atoms with Crippen molar-refractivity contribution in [3.63, 3.8) is 0 Å². The summed E-state index contributed by atoms with van der Waals surface area (Å²) in [6.45, 7) is 11.6. The Balaban J connectivity index is 2.67. The van der Waals surface area contributed by atoms with Crippen molar-refractivity contribution in [1.82, 2.24) is 10.2 Å². The van der Waals surface area contributed by atoms with E-state index in [2.05, 4.69) is 37.9 Å². The van der Waals surface area contributed by atoms with Gasteiger partial charge in [0, 0.05) is 38.0 Å². The van der Waals surface area contributed by atoms with Crippen molar-refractivity contribution in [2.75, 3.05) is 31.6 Å². The molecule has 1 fully saturated rings. The molecular weight excluding hydrogens is 272 g/mol. The molecule has 4 nitrogen and oxygen atoms in total. The first-order valence-electron chi connectivity index (χ1n) is 7.88. The van der Waals surface area contributed by atoms with Crippen molar-refractivity contribution in [1.29, 1.82) is 0 Å². The van der Waals surface area contributed by atoms with Crippen LogP contribution in [-0.4, -0.2) is 57.0 Å². The Morgan fingerprint density at radius 1 is 1.30 bits per heavy atom. The highest BCUT2D eigenvalue weighted by atomic mass is 32.2. The second-order valence-electron chi connectivity index (χ2n) is 6.81. The summed E-state index contributed by atoms with van der Waals surface area (Å²) in [6, 6.07) is 0.958. The SMILES string of the molecule is CCC(C)C1CNC(CC(C)C)CN1CCS(C)(=O)=O. The molecule has 1 N–H and O–H groups in total. The van der Waals surface area contributed by atoms with E-state index in [1.165, 1.54) is 6.26 Å². The molecule has 0 spiro atoms. The summed E-state index contributed by atoms with van der Waals surface area (Å²) in [5, 5.41) is 3.65. The summed E-state index contributed by atoms with van der Waals surface area (Å²) < 4.78 is 22.9. The van der Waals surface area contributed by atoms with Crippen LogP contribution < -0.4 is 5.32 Å². The van der Waals surface area contributed by atoms with Gasteiger partial charge in [-0.05, 0) is 18.3 Å². The molecule has 120 valence electrons. The van der Waals surface area contributed by atoms with Crippen LogP contribution in [0.5, 0.6) is 0 Å². The van der Waals surface area contributed by atoms with E-state index in [-0.39, 0.29) is 5.75 Å². The van der Waals surface area contributed by atoms with Crippen molar-refractivity contribution in [2.45, 2.75) is 52.6 Å². The highest BCUT2D eigenvalue weighted by molar-refractivity contribution is 7.90. The van der Waals surface area contributed by atoms with E-state index < -0.39 is 9.84 Å². The Morgan fingerprint density at radius 2 is 1.95 bits per heavy atom. The minimum Gasteiger partial charge on any atom is -0.311 e. The second kappa shape index (κ2) is 7.76. The van der Waals surface area contributed by atoms with Crippen molar-refractivity contribution in [3.05, 3.63) is 0 Å². The number of piperazine rings is 1. The molecule has 0 saturated carbocycles. The Labute approximate surface area is 125 Å². The van der Waals surface area contributed by atoms with Gasteiger partial charge in [0.1, 0.15) is 9.84 Å². The van der Waals surface area contributed by atoms with Gasteiger partial charge in [0.2, 0.25) is 0 Å². The molecule has 1 rings (SSSR count). The van der Waals surface area contributed by atoms with Crippen molar-refractivity contribution < 1.29 is 8.42 Å². The molecule has 0 bridgehead atoms. The van der Waals surface area contributed by atoms with E-state index in [0.29, 0.717) is 30.5 Å². The van der Waals surface area contributed by atoms with Gasteiger partial charge in [-0.2, -0.15) is 0 Å². The van der Waals surface area contributed by atoms with Crippen LogP contribution in [0.4, 0.5) is 0 Å². The molecule has 0 amide bonds. The normalized spacial score (nSPS) is 26.9. The standard InChI is InChI=1S/C15H32N2O2S/c1-6-13(4)15-10-16-14(9-12(2)3)11-17(15)7-8-20(5,18)19/h12-16H,6-11H2,1-5H3. The summed E-state index contributed by atoms with van der Waals surface area (Å²) in [5.41, 5.74) is 0. The number of hydrogen-bond donors (Lipinski definition) is 1. The van der Waals surface area contributed by atoms with Crippen LogP contribution in [-0.2, 0) is 9.84 Å². The van der Waals surface area contributed by atoms with Gasteiger partial charge in [0.15, 0.2) is 0 Å². The summed E-state index contributed by atoms with van der Waals surface area (Å²) in [7, 11) is -2.88. The molecule has 1 saturated heterocycles. The fraction of sp³-hybridized carbons (Fsp3) is 1.00. The van der Waals surface area contributed by atoms with Crippen molar-refractivity contribution >= 4 is 9.84 Å². The molecule has 0 aromatic heterocycles. The minimum atomic E-state index is -2.88. The monoisotopic (exact) mass is 304 g/mol. The van der Waals surface area contributed by atoms with Crippen LogP contribution in [0.2, 0.25) is 0 Å². The number of sulfone groups is 1. The molecule has 0 radical (unpaired) electrons. The molecule has 1 aliphatic heterocycles. The number of hydrogen-bond acceptors (Lipinski definition) is 4. The van der Waals surface area contributed by atoms with Gasteiger partial charge in [-0.1, -0.05) is 34.1 Å². The van der Waals surface area contributed by atoms with Gasteiger partial charge < -0.3 is 5.32 Å². The molecular formula is C15H32N2O2S. The maximum atomic E-state index is 11.4. The smallest absolute Gasteiger partial charge is 0.148 e. The van der Waals surface area contributed by atoms with Crippen molar-refractivity contribution in [2.24, 2.45) is 11.8 Å². The minimum absolute atomic E-state index is 0.272. The number of nitrogens with zero attached hydrogens (tertiary/aromatic N) is 1. The zero-order chi connectivity index (χ0) is 15.3. The van der Waals surface area contributed by atoms with E-state index in [4.69, 9.17) is 0 Å². The summed E-state index contributed by atoms with van der Waals surface area (Å²) in [4.78, 5) is 2.40. The summed E-state index contributed by atoms with van der Waals surface area (Å²) in [5.74, 6) is 1.54. The van der Waals surface area contributed by atoms with Crippen LogP contribution in [0.3, 0.4) is 0 Å². The average molecular weight is 304 g/mol. The molecule has 20 heavy (non-hydrogen) atoms. The lowest BCUT2D eigenvalue weighted by molar-refractivity contribution is 0.0918. The maximum Gasteiger partial charge on any atom is 0.148 e. The molecule has 5 heteroatoms. The Kier molecular flexibility index (Phi) is 6.95. The van der Waals surface area contributed by atoms with E-state index in [9.17, 15) is 8.42 Å². The zero-order valence-electron chi connectivity index (χ0n) is 13.7. The van der Waals surface area contributed by atoms with E-state index >= 15 is 0 Å². The van der Waals surface area contributed by atoms with E-state index in [1.807, 2.05) is 0 Å². The molecule has 0 aromatic rings. The predicted octanol–water partition coefficient (Wildman–Crippen LogP) is 1.77. The predicted molar refractivity (Wildman–Crippen MR) is 85.8 cm³/mol. The van der Waals surface area contributed by atoms with Crippen LogP contribution in [0.1, 0.15) is 40.5 Å². The summed E-state index contributed by atoms with van der Waals surface area (Å²) in [6.07, 6.45) is 3.62. The largest absolute Gasteiger partial charge is 0.311 e. The van der Waals surface area contributed by atoms with Gasteiger partial charge in [-0.15, -0.1) is 0 Å². The highest BCUT2D eigenvalue weighted by Crippen LogP contribution is 2.20. The zero-order valence-corrected chi connectivity index (χ0v) is 14.5. The first-order chi connectivity index (χ1) is 9.23. The third-order valence-electron chi connectivity index (χ3n) is 4.35. The molecule has 3 atom stereocenters. The van der Waals surface area contributed by atoms with Gasteiger partial charge in [-0.25, -0.2) is 8.42 Å². The highest BCUT2D eigenvalue weighted by Gasteiger charge is 2.31. The number of rotatable bonds is 7. The molecule has 3 unspecified atom stereocenters. The lowest BCUT2D eigenvalue weighted by Crippen LogP contribution is -2.59. The van der Waals surface area contributed by atoms with E-state index in [0.717, 1.165) is 25.9 Å². The molecule has 1 heterocycles. The first kappa shape index (κ1) is 17.9. The lowest BCUT2D eigenvalue weighted by Gasteiger charge is -2.43. The Bertz CT molecular complexity index is 381. The Morgan fingerprint density at radius 3 is 2.45 bits per heavy atom. The lowest BCUT2D eigenvalue weighted by atomic mass is 9.92. The summed E-state index contributed by atoms with van der Waals surface area (Å²) >= 11 is 0. The molecule has 0 aliphatic carbocycles. The molecule has 0 aromatic carbocycles. The first-order valence-corrected chi connectivity index (χ1v) is 9.94. The number of nitrogens with one attached hydrogen (secondary N) is 1. The Hall–Kier alpha value is -0.130. The second-order valence-corrected chi connectivity index (χ2v) is 9.07. The van der Waals surface area contributed by atoms with Gasteiger partial charge >= 0.3 is 0 Å². The van der Waals surface area contributed by atoms with Gasteiger partial charge in [0.05, 0.1) is 5.75 Å². The van der Waals surface area contributed by atoms with Crippen molar-refractivity contribution in [3.8, 4) is 0 Å². The topological polar surface area (TPSA) is 49.4 Å².